The fraction of sp³-hybridized carbons (Fsp3) is 0.462. The standard InChI is InChI=1S/C13H18N2O3/c14-12-10(13(17)18)4-1-5-11(12)15-6-2-3-9(7-15)8-16/h1,4-5,9,16H,2-3,6-8,14H2,(H,17,18). The highest BCUT2D eigenvalue weighted by atomic mass is 16.4. The SMILES string of the molecule is Nc1c(C(=O)O)cccc1N1CCCC(CO)C1. The third-order valence-corrected chi connectivity index (χ3v) is 3.43. The number of aliphatic hydroxyl groups is 1. The normalized spacial score (nSPS) is 19.8. The van der Waals surface area contributed by atoms with Crippen molar-refractivity contribution in [1.82, 2.24) is 0 Å². The number of carboxylic acid groups (broad SMARTS) is 1. The Morgan fingerprint density at radius 1 is 1.50 bits per heavy atom. The molecule has 0 aliphatic carbocycles. The number of nitrogen functional groups attached to an aromatic ring is 1. The van der Waals surface area contributed by atoms with Gasteiger partial charge < -0.3 is 20.8 Å². The highest BCUT2D eigenvalue weighted by Gasteiger charge is 2.22. The van der Waals surface area contributed by atoms with E-state index in [2.05, 4.69) is 4.90 Å². The fourth-order valence-corrected chi connectivity index (χ4v) is 2.45. The van der Waals surface area contributed by atoms with Gasteiger partial charge in [-0.1, -0.05) is 6.07 Å². The van der Waals surface area contributed by atoms with E-state index in [1.165, 1.54) is 6.07 Å². The maximum atomic E-state index is 11.0. The van der Waals surface area contributed by atoms with Gasteiger partial charge in [0.15, 0.2) is 0 Å². The first-order chi connectivity index (χ1) is 8.63. The molecule has 18 heavy (non-hydrogen) atoms. The lowest BCUT2D eigenvalue weighted by atomic mass is 9.98. The van der Waals surface area contributed by atoms with Gasteiger partial charge in [0.05, 0.1) is 16.9 Å². The number of benzene rings is 1. The second-order valence-electron chi connectivity index (χ2n) is 4.68. The number of rotatable bonds is 3. The number of hydrogen-bond donors (Lipinski definition) is 3. The summed E-state index contributed by atoms with van der Waals surface area (Å²) in [6, 6.07) is 5.05. The average molecular weight is 250 g/mol. The number of hydrogen-bond acceptors (Lipinski definition) is 4. The first-order valence-corrected chi connectivity index (χ1v) is 6.11. The molecule has 0 bridgehead atoms. The third kappa shape index (κ3) is 2.41. The molecule has 1 fully saturated rings. The topological polar surface area (TPSA) is 86.8 Å². The number of piperidine rings is 1. The predicted octanol–water partition coefficient (Wildman–Crippen LogP) is 1.18. The molecule has 0 saturated carbocycles. The van der Waals surface area contributed by atoms with Crippen LogP contribution in [-0.4, -0.2) is 35.9 Å². The molecule has 0 spiro atoms. The predicted molar refractivity (Wildman–Crippen MR) is 69.8 cm³/mol. The summed E-state index contributed by atoms with van der Waals surface area (Å²) in [4.78, 5) is 13.1. The van der Waals surface area contributed by atoms with Gasteiger partial charge in [-0.3, -0.25) is 0 Å². The van der Waals surface area contributed by atoms with Gasteiger partial charge in [-0.2, -0.15) is 0 Å². The molecular formula is C13H18N2O3. The lowest BCUT2D eigenvalue weighted by Gasteiger charge is -2.34. The molecule has 1 atom stereocenters. The minimum absolute atomic E-state index is 0.138. The summed E-state index contributed by atoms with van der Waals surface area (Å²) in [6.45, 7) is 1.74. The molecule has 0 amide bonds. The van der Waals surface area contributed by atoms with Crippen molar-refractivity contribution >= 4 is 17.3 Å². The van der Waals surface area contributed by atoms with Crippen LogP contribution in [0.5, 0.6) is 0 Å². The molecule has 1 unspecified atom stereocenters. The van der Waals surface area contributed by atoms with E-state index in [1.54, 1.807) is 6.07 Å². The summed E-state index contributed by atoms with van der Waals surface area (Å²) in [5, 5.41) is 18.3. The van der Waals surface area contributed by atoms with Gasteiger partial charge in [-0.25, -0.2) is 4.79 Å². The number of anilines is 2. The summed E-state index contributed by atoms with van der Waals surface area (Å²) < 4.78 is 0. The summed E-state index contributed by atoms with van der Waals surface area (Å²) in [6.07, 6.45) is 1.99. The van der Waals surface area contributed by atoms with E-state index in [1.807, 2.05) is 6.07 Å². The molecule has 4 N–H and O–H groups in total. The Morgan fingerprint density at radius 2 is 2.28 bits per heavy atom. The highest BCUT2D eigenvalue weighted by molar-refractivity contribution is 5.97. The van der Waals surface area contributed by atoms with Crippen molar-refractivity contribution in [2.24, 2.45) is 5.92 Å². The molecule has 1 aliphatic rings. The fourth-order valence-electron chi connectivity index (χ4n) is 2.45. The molecule has 0 radical (unpaired) electrons. The minimum atomic E-state index is -1.01. The Bertz CT molecular complexity index is 448. The van der Waals surface area contributed by atoms with Crippen molar-refractivity contribution in [3.05, 3.63) is 23.8 Å². The van der Waals surface area contributed by atoms with Gasteiger partial charge >= 0.3 is 5.97 Å². The quantitative estimate of drug-likeness (QED) is 0.701. The van der Waals surface area contributed by atoms with Crippen LogP contribution in [0.3, 0.4) is 0 Å². The van der Waals surface area contributed by atoms with Gasteiger partial charge in [0.25, 0.3) is 0 Å². The van der Waals surface area contributed by atoms with Crippen LogP contribution < -0.4 is 10.6 Å². The van der Waals surface area contributed by atoms with Crippen molar-refractivity contribution in [2.75, 3.05) is 30.3 Å². The summed E-state index contributed by atoms with van der Waals surface area (Å²) in [7, 11) is 0. The Labute approximate surface area is 106 Å². The molecule has 1 aromatic rings. The third-order valence-electron chi connectivity index (χ3n) is 3.43. The monoisotopic (exact) mass is 250 g/mol. The molecular weight excluding hydrogens is 232 g/mol. The molecule has 0 aromatic heterocycles. The van der Waals surface area contributed by atoms with Crippen LogP contribution in [0.4, 0.5) is 11.4 Å². The van der Waals surface area contributed by atoms with Gasteiger partial charge in [0, 0.05) is 19.7 Å². The first-order valence-electron chi connectivity index (χ1n) is 6.11. The molecule has 2 rings (SSSR count). The molecule has 1 aromatic carbocycles. The number of aromatic carboxylic acids is 1. The molecule has 98 valence electrons. The zero-order chi connectivity index (χ0) is 13.1. The van der Waals surface area contributed by atoms with Gasteiger partial charge in [-0.15, -0.1) is 0 Å². The van der Waals surface area contributed by atoms with E-state index in [0.29, 0.717) is 5.69 Å². The summed E-state index contributed by atoms with van der Waals surface area (Å²) >= 11 is 0. The van der Waals surface area contributed by atoms with Crippen LogP contribution in [0, 0.1) is 5.92 Å². The maximum absolute atomic E-state index is 11.0. The minimum Gasteiger partial charge on any atom is -0.478 e. The zero-order valence-corrected chi connectivity index (χ0v) is 10.2. The van der Waals surface area contributed by atoms with Gasteiger partial charge in [0.2, 0.25) is 0 Å². The second-order valence-corrected chi connectivity index (χ2v) is 4.68. The molecule has 1 heterocycles. The maximum Gasteiger partial charge on any atom is 0.337 e. The van der Waals surface area contributed by atoms with Crippen molar-refractivity contribution in [3.8, 4) is 0 Å². The van der Waals surface area contributed by atoms with E-state index in [4.69, 9.17) is 10.8 Å². The van der Waals surface area contributed by atoms with E-state index in [-0.39, 0.29) is 18.1 Å². The smallest absolute Gasteiger partial charge is 0.337 e. The van der Waals surface area contributed by atoms with E-state index >= 15 is 0 Å². The largest absolute Gasteiger partial charge is 0.478 e. The van der Waals surface area contributed by atoms with Crippen LogP contribution in [0.2, 0.25) is 0 Å². The Kier molecular flexibility index (Phi) is 3.72. The number of aliphatic hydroxyl groups excluding tert-OH is 1. The van der Waals surface area contributed by atoms with Crippen molar-refractivity contribution in [1.29, 1.82) is 0 Å². The average Bonchev–Trinajstić information content (AvgIpc) is 2.38. The Hall–Kier alpha value is -1.75. The van der Waals surface area contributed by atoms with Gasteiger partial charge in [0.1, 0.15) is 0 Å². The second kappa shape index (κ2) is 5.27. The highest BCUT2D eigenvalue weighted by Crippen LogP contribution is 2.30. The van der Waals surface area contributed by atoms with Crippen LogP contribution in [0.1, 0.15) is 23.2 Å². The van der Waals surface area contributed by atoms with Crippen LogP contribution in [0.15, 0.2) is 18.2 Å². The Balaban J connectivity index is 2.27. The first kappa shape index (κ1) is 12.7. The molecule has 5 heteroatoms. The van der Waals surface area contributed by atoms with E-state index in [9.17, 15) is 9.90 Å². The Morgan fingerprint density at radius 3 is 2.94 bits per heavy atom. The van der Waals surface area contributed by atoms with Crippen LogP contribution in [0.25, 0.3) is 0 Å². The van der Waals surface area contributed by atoms with Crippen molar-refractivity contribution < 1.29 is 15.0 Å². The number of para-hydroxylation sites is 1. The van der Waals surface area contributed by atoms with E-state index in [0.717, 1.165) is 31.6 Å². The summed E-state index contributed by atoms with van der Waals surface area (Å²) in [5.74, 6) is -0.767. The lowest BCUT2D eigenvalue weighted by Crippen LogP contribution is -2.37. The number of carboxylic acids is 1. The molecule has 1 saturated heterocycles. The van der Waals surface area contributed by atoms with Crippen molar-refractivity contribution in [3.63, 3.8) is 0 Å². The lowest BCUT2D eigenvalue weighted by molar-refractivity contribution is 0.0698. The van der Waals surface area contributed by atoms with Crippen molar-refractivity contribution in [2.45, 2.75) is 12.8 Å². The van der Waals surface area contributed by atoms with E-state index < -0.39 is 5.97 Å². The number of nitrogens with zero attached hydrogens (tertiary/aromatic N) is 1. The van der Waals surface area contributed by atoms with Crippen LogP contribution >= 0.6 is 0 Å². The number of nitrogens with two attached hydrogens (primary N) is 1. The zero-order valence-electron chi connectivity index (χ0n) is 10.2. The number of carbonyl (C=O) groups is 1. The molecule has 1 aliphatic heterocycles. The van der Waals surface area contributed by atoms with Crippen LogP contribution in [-0.2, 0) is 0 Å². The molecule has 5 nitrogen and oxygen atoms in total. The van der Waals surface area contributed by atoms with Gasteiger partial charge in [-0.05, 0) is 30.9 Å². The summed E-state index contributed by atoms with van der Waals surface area (Å²) in [5.41, 5.74) is 7.12.